The highest BCUT2D eigenvalue weighted by Gasteiger charge is 1.97. The normalized spacial score (nSPS) is 18.0. The fourth-order valence-corrected chi connectivity index (χ4v) is 0.873. The lowest BCUT2D eigenvalue weighted by molar-refractivity contribution is 0.284. The van der Waals surface area contributed by atoms with Crippen LogP contribution in [0.25, 0.3) is 0 Å². The van der Waals surface area contributed by atoms with Gasteiger partial charge in [0.1, 0.15) is 0 Å². The molecule has 0 fully saturated rings. The fourth-order valence-electron chi connectivity index (χ4n) is 0.291. The third kappa shape index (κ3) is 6.27. The molecule has 0 spiro atoms. The van der Waals surface area contributed by atoms with Gasteiger partial charge in [0.25, 0.3) is 0 Å². The Morgan fingerprint density at radius 3 is 2.25 bits per heavy atom. The van der Waals surface area contributed by atoms with Crippen LogP contribution in [0.15, 0.2) is 0 Å². The number of aliphatic hydroxyl groups is 1. The zero-order chi connectivity index (χ0) is 6.57. The van der Waals surface area contributed by atoms with Gasteiger partial charge in [-0.1, -0.05) is 0 Å². The van der Waals surface area contributed by atoms with Gasteiger partial charge < -0.3 is 10.8 Å². The van der Waals surface area contributed by atoms with Crippen LogP contribution in [0, 0.1) is 0 Å². The van der Waals surface area contributed by atoms with E-state index in [-0.39, 0.29) is 11.5 Å². The molecule has 0 rings (SSSR count). The first-order valence-corrected chi connectivity index (χ1v) is 3.73. The average molecular weight is 135 g/mol. The van der Waals surface area contributed by atoms with Gasteiger partial charge in [-0.2, -0.15) is 0 Å². The average Bonchev–Trinajstić information content (AvgIpc) is 1.61. The number of thioether (sulfide) groups is 1. The highest BCUT2D eigenvalue weighted by atomic mass is 32.2. The van der Waals surface area contributed by atoms with Gasteiger partial charge in [-0.25, -0.2) is 0 Å². The predicted molar refractivity (Wildman–Crippen MR) is 37.8 cm³/mol. The molecule has 0 aliphatic carbocycles. The Morgan fingerprint density at radius 1 is 1.62 bits per heavy atom. The van der Waals surface area contributed by atoms with Crippen LogP contribution in [0.5, 0.6) is 0 Å². The van der Waals surface area contributed by atoms with Gasteiger partial charge in [0, 0.05) is 11.8 Å². The second-order valence-electron chi connectivity index (χ2n) is 1.91. The highest BCUT2D eigenvalue weighted by Crippen LogP contribution is 2.06. The van der Waals surface area contributed by atoms with E-state index in [0.717, 1.165) is 5.75 Å². The van der Waals surface area contributed by atoms with Crippen LogP contribution in [-0.4, -0.2) is 22.3 Å². The van der Waals surface area contributed by atoms with E-state index < -0.39 is 0 Å². The first-order chi connectivity index (χ1) is 3.63. The first-order valence-electron chi connectivity index (χ1n) is 2.68. The maximum atomic E-state index is 8.71. The van der Waals surface area contributed by atoms with Gasteiger partial charge in [0.15, 0.2) is 0 Å². The van der Waals surface area contributed by atoms with Crippen LogP contribution in [0.3, 0.4) is 0 Å². The van der Waals surface area contributed by atoms with Crippen molar-refractivity contribution in [1.82, 2.24) is 0 Å². The number of hydrogen-bond acceptors (Lipinski definition) is 3. The molecule has 0 heterocycles. The van der Waals surface area contributed by atoms with E-state index in [1.807, 2.05) is 6.92 Å². The summed E-state index contributed by atoms with van der Waals surface area (Å²) in [4.78, 5) is 0. The first kappa shape index (κ1) is 8.27. The summed E-state index contributed by atoms with van der Waals surface area (Å²) in [5.74, 6) is 0.831. The summed E-state index contributed by atoms with van der Waals surface area (Å²) in [5.41, 5.74) is 5.13. The van der Waals surface area contributed by atoms with Gasteiger partial charge in [0.05, 0.1) is 5.44 Å². The van der Waals surface area contributed by atoms with Gasteiger partial charge in [-0.15, -0.1) is 11.8 Å². The van der Waals surface area contributed by atoms with Crippen molar-refractivity contribution in [3.8, 4) is 0 Å². The monoisotopic (exact) mass is 135 g/mol. The molecule has 0 aliphatic heterocycles. The molecule has 0 aromatic heterocycles. The smallest absolute Gasteiger partial charge is 0.0965 e. The topological polar surface area (TPSA) is 46.2 Å². The number of hydrogen-bond donors (Lipinski definition) is 2. The van der Waals surface area contributed by atoms with Crippen molar-refractivity contribution in [2.24, 2.45) is 5.73 Å². The van der Waals surface area contributed by atoms with Crippen LogP contribution >= 0.6 is 11.8 Å². The molecule has 0 aromatic rings. The summed E-state index contributed by atoms with van der Waals surface area (Å²) in [6.07, 6.45) is 0. The lowest BCUT2D eigenvalue weighted by atomic mass is 10.4. The molecular formula is C5H13NOS. The van der Waals surface area contributed by atoms with Crippen LogP contribution in [0.2, 0.25) is 0 Å². The lowest BCUT2D eigenvalue weighted by Gasteiger charge is -2.05. The Labute approximate surface area is 54.5 Å². The van der Waals surface area contributed by atoms with Gasteiger partial charge in [-0.05, 0) is 13.8 Å². The van der Waals surface area contributed by atoms with Crippen molar-refractivity contribution in [3.63, 3.8) is 0 Å². The highest BCUT2D eigenvalue weighted by molar-refractivity contribution is 7.99. The van der Waals surface area contributed by atoms with Crippen molar-refractivity contribution in [2.45, 2.75) is 25.3 Å². The summed E-state index contributed by atoms with van der Waals surface area (Å²) in [7, 11) is 0. The van der Waals surface area contributed by atoms with E-state index in [4.69, 9.17) is 10.8 Å². The molecule has 2 unspecified atom stereocenters. The van der Waals surface area contributed by atoms with Crippen molar-refractivity contribution >= 4 is 11.8 Å². The molecule has 3 N–H and O–H groups in total. The van der Waals surface area contributed by atoms with Crippen molar-refractivity contribution in [1.29, 1.82) is 0 Å². The van der Waals surface area contributed by atoms with Gasteiger partial charge in [0.2, 0.25) is 0 Å². The summed E-state index contributed by atoms with van der Waals surface area (Å²) in [5, 5.41) is 8.71. The summed E-state index contributed by atoms with van der Waals surface area (Å²) in [6.45, 7) is 3.67. The van der Waals surface area contributed by atoms with Gasteiger partial charge in [-0.3, -0.25) is 0 Å². The van der Waals surface area contributed by atoms with Crippen LogP contribution in [0.1, 0.15) is 13.8 Å². The summed E-state index contributed by atoms with van der Waals surface area (Å²) in [6, 6.07) is 0.189. The van der Waals surface area contributed by atoms with E-state index in [1.54, 1.807) is 6.92 Å². The predicted octanol–water partition coefficient (Wildman–Crippen LogP) is 0.405. The number of nitrogens with two attached hydrogens (primary N) is 1. The minimum absolute atomic E-state index is 0.189. The van der Waals surface area contributed by atoms with Crippen LogP contribution in [-0.2, 0) is 0 Å². The Morgan fingerprint density at radius 2 is 2.12 bits per heavy atom. The molecule has 3 heteroatoms. The minimum Gasteiger partial charge on any atom is -0.383 e. The largest absolute Gasteiger partial charge is 0.383 e. The van der Waals surface area contributed by atoms with E-state index in [1.165, 1.54) is 11.8 Å². The number of aliphatic hydroxyl groups excluding tert-OH is 1. The lowest BCUT2D eigenvalue weighted by Crippen LogP contribution is -2.18. The second-order valence-corrected chi connectivity index (χ2v) is 3.26. The van der Waals surface area contributed by atoms with Crippen molar-refractivity contribution in [2.75, 3.05) is 5.75 Å². The second kappa shape index (κ2) is 4.18. The Balaban J connectivity index is 2.93. The molecule has 0 saturated heterocycles. The molecular weight excluding hydrogens is 122 g/mol. The fraction of sp³-hybridized carbons (Fsp3) is 1.00. The zero-order valence-electron chi connectivity index (χ0n) is 5.29. The molecule has 50 valence electrons. The Bertz CT molecular complexity index is 48.4. The maximum Gasteiger partial charge on any atom is 0.0965 e. The molecule has 2 nitrogen and oxygen atoms in total. The van der Waals surface area contributed by atoms with E-state index in [9.17, 15) is 0 Å². The SMILES string of the molecule is CC(N)CSC(C)O. The number of rotatable bonds is 3. The Kier molecular flexibility index (Phi) is 4.32. The van der Waals surface area contributed by atoms with E-state index >= 15 is 0 Å². The standard InChI is InChI=1S/C5H13NOS/c1-4(6)3-8-5(2)7/h4-5,7H,3,6H2,1-2H3. The van der Waals surface area contributed by atoms with Crippen LogP contribution in [0.4, 0.5) is 0 Å². The molecule has 8 heavy (non-hydrogen) atoms. The minimum atomic E-state index is -0.277. The van der Waals surface area contributed by atoms with Crippen molar-refractivity contribution < 1.29 is 5.11 Å². The molecule has 0 amide bonds. The summed E-state index contributed by atoms with van der Waals surface area (Å²) < 4.78 is 0. The molecule has 2 atom stereocenters. The summed E-state index contributed by atoms with van der Waals surface area (Å²) >= 11 is 1.47. The molecule has 0 aliphatic rings. The molecule has 0 saturated carbocycles. The zero-order valence-corrected chi connectivity index (χ0v) is 6.11. The maximum absolute atomic E-state index is 8.71. The van der Waals surface area contributed by atoms with Crippen molar-refractivity contribution in [3.05, 3.63) is 0 Å². The third-order valence-corrected chi connectivity index (χ3v) is 1.80. The van der Waals surface area contributed by atoms with E-state index in [2.05, 4.69) is 0 Å². The quantitative estimate of drug-likeness (QED) is 0.551. The Hall–Kier alpha value is 0.270. The molecule has 0 aromatic carbocycles. The third-order valence-electron chi connectivity index (χ3n) is 0.600. The van der Waals surface area contributed by atoms with Gasteiger partial charge >= 0.3 is 0 Å². The van der Waals surface area contributed by atoms with E-state index in [0.29, 0.717) is 0 Å². The molecule has 0 bridgehead atoms. The van der Waals surface area contributed by atoms with Crippen LogP contribution < -0.4 is 5.73 Å². The molecule has 0 radical (unpaired) electrons.